The number of rotatable bonds is 6. The van der Waals surface area contributed by atoms with E-state index in [0.717, 1.165) is 38.2 Å². The third kappa shape index (κ3) is 4.31. The largest absolute Gasteiger partial charge is 0.480 e. The van der Waals surface area contributed by atoms with Crippen LogP contribution in [0.2, 0.25) is 0 Å². The third-order valence-corrected chi connectivity index (χ3v) is 3.56. The van der Waals surface area contributed by atoms with Gasteiger partial charge in [0.1, 0.15) is 6.61 Å². The maximum atomic E-state index is 10.5. The van der Waals surface area contributed by atoms with Crippen molar-refractivity contribution >= 4 is 5.97 Å². The normalized spacial score (nSPS) is 17.8. The first-order valence-corrected chi connectivity index (χ1v) is 7.14. The highest BCUT2D eigenvalue weighted by Gasteiger charge is 2.21. The van der Waals surface area contributed by atoms with Crippen LogP contribution in [-0.4, -0.2) is 51.6 Å². The minimum Gasteiger partial charge on any atom is -0.480 e. The number of nitrogens with zero attached hydrogens (tertiary/aromatic N) is 3. The molecule has 1 N–H and O–H groups in total. The van der Waals surface area contributed by atoms with Crippen LogP contribution >= 0.6 is 0 Å². The molecule has 6 nitrogen and oxygen atoms in total. The molecule has 1 aliphatic heterocycles. The molecule has 1 aromatic rings. The minimum atomic E-state index is -0.897. The quantitative estimate of drug-likeness (QED) is 0.856. The molecule has 0 spiro atoms. The first kappa shape index (κ1) is 15.0. The van der Waals surface area contributed by atoms with Crippen molar-refractivity contribution in [1.29, 1.82) is 0 Å². The van der Waals surface area contributed by atoms with E-state index in [1.165, 1.54) is 0 Å². The summed E-state index contributed by atoms with van der Waals surface area (Å²) in [5.41, 5.74) is 1.09. The van der Waals surface area contributed by atoms with E-state index in [4.69, 9.17) is 9.84 Å². The predicted molar refractivity (Wildman–Crippen MR) is 74.5 cm³/mol. The van der Waals surface area contributed by atoms with Gasteiger partial charge in [0.25, 0.3) is 0 Å². The zero-order chi connectivity index (χ0) is 14.5. The Morgan fingerprint density at radius 2 is 2.20 bits per heavy atom. The third-order valence-electron chi connectivity index (χ3n) is 3.56. The predicted octanol–water partition coefficient (Wildman–Crippen LogP) is 1.53. The Morgan fingerprint density at radius 1 is 1.50 bits per heavy atom. The van der Waals surface area contributed by atoms with Crippen molar-refractivity contribution in [3.8, 4) is 0 Å². The second-order valence-corrected chi connectivity index (χ2v) is 5.56. The summed E-state index contributed by atoms with van der Waals surface area (Å²) in [6, 6.07) is 2.45. The molecule has 1 aliphatic rings. The number of piperidine rings is 1. The number of carbonyl (C=O) groups is 1. The highest BCUT2D eigenvalue weighted by atomic mass is 16.5. The van der Waals surface area contributed by atoms with Gasteiger partial charge in [0, 0.05) is 31.9 Å². The Bertz CT molecular complexity index is 437. The van der Waals surface area contributed by atoms with Crippen molar-refractivity contribution in [2.75, 3.05) is 19.7 Å². The van der Waals surface area contributed by atoms with Crippen LogP contribution in [0.4, 0.5) is 0 Å². The van der Waals surface area contributed by atoms with Gasteiger partial charge in [0.15, 0.2) is 0 Å². The van der Waals surface area contributed by atoms with Gasteiger partial charge < -0.3 is 9.84 Å². The SMILES string of the molecule is CC(C)n1ccc(CN2CCC(OCC(=O)O)CC2)n1. The Kier molecular flexibility index (Phi) is 5.14. The summed E-state index contributed by atoms with van der Waals surface area (Å²) in [6.07, 6.45) is 3.87. The molecule has 0 aromatic carbocycles. The lowest BCUT2D eigenvalue weighted by Gasteiger charge is -2.31. The molecule has 0 atom stereocenters. The van der Waals surface area contributed by atoms with E-state index in [0.29, 0.717) is 6.04 Å². The topological polar surface area (TPSA) is 67.6 Å². The molecule has 0 radical (unpaired) electrons. The summed E-state index contributed by atoms with van der Waals surface area (Å²) in [5.74, 6) is -0.897. The summed E-state index contributed by atoms with van der Waals surface area (Å²) >= 11 is 0. The van der Waals surface area contributed by atoms with Gasteiger partial charge in [-0.2, -0.15) is 5.10 Å². The van der Waals surface area contributed by atoms with Crippen molar-refractivity contribution in [3.05, 3.63) is 18.0 Å². The van der Waals surface area contributed by atoms with Crippen molar-refractivity contribution in [2.45, 2.75) is 45.4 Å². The molecule has 0 amide bonds. The Labute approximate surface area is 119 Å². The van der Waals surface area contributed by atoms with E-state index in [2.05, 4.69) is 29.9 Å². The highest BCUT2D eigenvalue weighted by molar-refractivity contribution is 5.68. The number of carboxylic acid groups (broad SMARTS) is 1. The first-order valence-electron chi connectivity index (χ1n) is 7.14. The van der Waals surface area contributed by atoms with Crippen LogP contribution in [0.15, 0.2) is 12.3 Å². The monoisotopic (exact) mass is 281 g/mol. The summed E-state index contributed by atoms with van der Waals surface area (Å²) in [7, 11) is 0. The number of ether oxygens (including phenoxy) is 1. The number of likely N-dealkylation sites (tertiary alicyclic amines) is 1. The Balaban J connectivity index is 1.74. The van der Waals surface area contributed by atoms with Crippen molar-refractivity contribution in [2.24, 2.45) is 0 Å². The molecular formula is C14H23N3O3. The fraction of sp³-hybridized carbons (Fsp3) is 0.714. The van der Waals surface area contributed by atoms with Crippen molar-refractivity contribution < 1.29 is 14.6 Å². The van der Waals surface area contributed by atoms with Gasteiger partial charge in [-0.05, 0) is 32.8 Å². The van der Waals surface area contributed by atoms with E-state index in [9.17, 15) is 4.79 Å². The van der Waals surface area contributed by atoms with E-state index in [-0.39, 0.29) is 12.7 Å². The Hall–Kier alpha value is -1.40. The Morgan fingerprint density at radius 3 is 2.75 bits per heavy atom. The molecular weight excluding hydrogens is 258 g/mol. The molecule has 2 heterocycles. The van der Waals surface area contributed by atoms with Crippen LogP contribution in [0.25, 0.3) is 0 Å². The molecule has 1 aromatic heterocycles. The second-order valence-electron chi connectivity index (χ2n) is 5.56. The maximum absolute atomic E-state index is 10.5. The van der Waals surface area contributed by atoms with Crippen LogP contribution < -0.4 is 0 Å². The van der Waals surface area contributed by atoms with E-state index < -0.39 is 5.97 Å². The minimum absolute atomic E-state index is 0.0792. The number of hydrogen-bond donors (Lipinski definition) is 1. The highest BCUT2D eigenvalue weighted by Crippen LogP contribution is 2.16. The summed E-state index contributed by atoms with van der Waals surface area (Å²) < 4.78 is 7.30. The van der Waals surface area contributed by atoms with Gasteiger partial charge in [-0.25, -0.2) is 4.79 Å². The summed E-state index contributed by atoms with van der Waals surface area (Å²) in [5, 5.41) is 13.1. The molecule has 0 unspecified atom stereocenters. The van der Waals surface area contributed by atoms with Crippen LogP contribution in [0, 0.1) is 0 Å². The fourth-order valence-electron chi connectivity index (χ4n) is 2.40. The van der Waals surface area contributed by atoms with E-state index in [1.54, 1.807) is 0 Å². The molecule has 112 valence electrons. The molecule has 0 aliphatic carbocycles. The average molecular weight is 281 g/mol. The first-order chi connectivity index (χ1) is 9.54. The zero-order valence-corrected chi connectivity index (χ0v) is 12.2. The lowest BCUT2D eigenvalue weighted by molar-refractivity contribution is -0.145. The van der Waals surface area contributed by atoms with Crippen molar-refractivity contribution in [1.82, 2.24) is 14.7 Å². The molecule has 0 bridgehead atoms. The molecule has 2 rings (SSSR count). The number of aromatic nitrogens is 2. The summed E-state index contributed by atoms with van der Waals surface area (Å²) in [4.78, 5) is 12.8. The van der Waals surface area contributed by atoms with Gasteiger partial charge in [0.2, 0.25) is 0 Å². The second kappa shape index (κ2) is 6.85. The fourth-order valence-corrected chi connectivity index (χ4v) is 2.40. The van der Waals surface area contributed by atoms with E-state index >= 15 is 0 Å². The van der Waals surface area contributed by atoms with Crippen LogP contribution in [0.5, 0.6) is 0 Å². The lowest BCUT2D eigenvalue weighted by atomic mass is 10.1. The van der Waals surface area contributed by atoms with Gasteiger partial charge >= 0.3 is 5.97 Å². The zero-order valence-electron chi connectivity index (χ0n) is 12.2. The standard InChI is InChI=1S/C14H23N3O3/c1-11(2)17-8-3-12(15-17)9-16-6-4-13(5-7-16)20-10-14(18)19/h3,8,11,13H,4-7,9-10H2,1-2H3,(H,18,19). The van der Waals surface area contributed by atoms with Crippen LogP contribution in [0.3, 0.4) is 0 Å². The van der Waals surface area contributed by atoms with Gasteiger partial charge in [0.05, 0.1) is 11.8 Å². The van der Waals surface area contributed by atoms with Gasteiger partial charge in [-0.3, -0.25) is 9.58 Å². The molecule has 1 fully saturated rings. The number of aliphatic carboxylic acids is 1. The summed E-state index contributed by atoms with van der Waals surface area (Å²) in [6.45, 7) is 6.75. The van der Waals surface area contributed by atoms with Crippen LogP contribution in [-0.2, 0) is 16.1 Å². The lowest BCUT2D eigenvalue weighted by Crippen LogP contribution is -2.37. The van der Waals surface area contributed by atoms with Crippen LogP contribution in [0.1, 0.15) is 38.4 Å². The number of carboxylic acids is 1. The number of hydrogen-bond acceptors (Lipinski definition) is 4. The van der Waals surface area contributed by atoms with Gasteiger partial charge in [-0.1, -0.05) is 0 Å². The average Bonchev–Trinajstić information content (AvgIpc) is 2.86. The molecule has 20 heavy (non-hydrogen) atoms. The van der Waals surface area contributed by atoms with Crippen molar-refractivity contribution in [3.63, 3.8) is 0 Å². The molecule has 0 saturated carbocycles. The van der Waals surface area contributed by atoms with E-state index in [1.807, 2.05) is 10.9 Å². The maximum Gasteiger partial charge on any atom is 0.329 e. The smallest absolute Gasteiger partial charge is 0.329 e. The molecule has 1 saturated heterocycles. The molecule has 6 heteroatoms. The van der Waals surface area contributed by atoms with Gasteiger partial charge in [-0.15, -0.1) is 0 Å².